The van der Waals surface area contributed by atoms with Gasteiger partial charge in [0.25, 0.3) is 0 Å². The number of ether oxygens (including phenoxy) is 1. The van der Waals surface area contributed by atoms with E-state index in [0.29, 0.717) is 19.6 Å². The van der Waals surface area contributed by atoms with Crippen molar-refractivity contribution < 1.29 is 17.9 Å². The Kier molecular flexibility index (Phi) is 6.35. The second-order valence-electron chi connectivity index (χ2n) is 5.36. The van der Waals surface area contributed by atoms with Crippen molar-refractivity contribution in [2.45, 2.75) is 18.2 Å². The van der Waals surface area contributed by atoms with Crippen molar-refractivity contribution in [2.24, 2.45) is 0 Å². The summed E-state index contributed by atoms with van der Waals surface area (Å²) in [5, 5.41) is 5.84. The molecule has 1 unspecified atom stereocenters. The Bertz CT molecular complexity index is 568. The molecule has 1 heterocycles. The monoisotopic (exact) mass is 326 g/mol. The zero-order valence-electron chi connectivity index (χ0n) is 12.5. The Morgan fingerprint density at radius 1 is 1.32 bits per heavy atom. The van der Waals surface area contributed by atoms with Crippen LogP contribution < -0.4 is 10.6 Å². The molecule has 1 aromatic rings. The average molecular weight is 326 g/mol. The maximum atomic E-state index is 12.0. The molecule has 6 nitrogen and oxygen atoms in total. The lowest BCUT2D eigenvalue weighted by atomic mass is 10.2. The lowest BCUT2D eigenvalue weighted by molar-refractivity contribution is -0.122. The van der Waals surface area contributed by atoms with Gasteiger partial charge in [-0.2, -0.15) is 0 Å². The van der Waals surface area contributed by atoms with E-state index in [9.17, 15) is 13.2 Å². The van der Waals surface area contributed by atoms with E-state index in [1.807, 2.05) is 18.2 Å². The number of hydrogen-bond donors (Lipinski definition) is 2. The summed E-state index contributed by atoms with van der Waals surface area (Å²) in [6.07, 6.45) is 0.304. The first-order valence-corrected chi connectivity index (χ1v) is 9.19. The average Bonchev–Trinajstić information content (AvgIpc) is 2.48. The summed E-state index contributed by atoms with van der Waals surface area (Å²) in [7, 11) is -3.22. The highest BCUT2D eigenvalue weighted by Gasteiger charge is 2.17. The van der Waals surface area contributed by atoms with E-state index >= 15 is 0 Å². The van der Waals surface area contributed by atoms with Gasteiger partial charge in [-0.25, -0.2) is 8.42 Å². The number of benzene rings is 1. The van der Waals surface area contributed by atoms with Crippen molar-refractivity contribution in [3.05, 3.63) is 35.9 Å². The van der Waals surface area contributed by atoms with Crippen molar-refractivity contribution in [1.29, 1.82) is 0 Å². The van der Waals surface area contributed by atoms with Crippen molar-refractivity contribution in [3.63, 3.8) is 0 Å². The van der Waals surface area contributed by atoms with E-state index in [1.54, 1.807) is 12.1 Å². The van der Waals surface area contributed by atoms with Crippen LogP contribution in [0.25, 0.3) is 0 Å². The molecule has 1 amide bonds. The number of amides is 1. The van der Waals surface area contributed by atoms with E-state index in [1.165, 1.54) is 0 Å². The fraction of sp³-hybridized carbons (Fsp3) is 0.533. The number of hydrogen-bond acceptors (Lipinski definition) is 5. The van der Waals surface area contributed by atoms with Gasteiger partial charge < -0.3 is 15.4 Å². The molecule has 0 radical (unpaired) electrons. The van der Waals surface area contributed by atoms with Gasteiger partial charge >= 0.3 is 0 Å². The number of nitrogens with one attached hydrogen (secondary N) is 2. The number of carbonyl (C=O) groups excluding carboxylic acids is 1. The van der Waals surface area contributed by atoms with Crippen LogP contribution in [-0.4, -0.2) is 52.4 Å². The molecule has 1 aliphatic heterocycles. The summed E-state index contributed by atoms with van der Waals surface area (Å²) >= 11 is 0. The summed E-state index contributed by atoms with van der Waals surface area (Å²) in [5.74, 6) is -0.206. The molecular weight excluding hydrogens is 304 g/mol. The molecule has 22 heavy (non-hydrogen) atoms. The van der Waals surface area contributed by atoms with Gasteiger partial charge in [0.05, 0.1) is 24.7 Å². The number of carbonyl (C=O) groups is 1. The third-order valence-corrected chi connectivity index (χ3v) is 4.99. The fourth-order valence-electron chi connectivity index (χ4n) is 2.29. The van der Waals surface area contributed by atoms with Crippen molar-refractivity contribution in [2.75, 3.05) is 32.1 Å². The van der Waals surface area contributed by atoms with Crippen LogP contribution in [0.1, 0.15) is 12.0 Å². The maximum absolute atomic E-state index is 12.0. The van der Waals surface area contributed by atoms with E-state index in [-0.39, 0.29) is 30.0 Å². The first kappa shape index (κ1) is 16.9. The zero-order chi connectivity index (χ0) is 15.8. The van der Waals surface area contributed by atoms with Gasteiger partial charge in [-0.3, -0.25) is 4.79 Å². The second kappa shape index (κ2) is 8.26. The van der Waals surface area contributed by atoms with E-state index < -0.39 is 9.84 Å². The maximum Gasteiger partial charge on any atom is 0.221 e. The number of rotatable bonds is 7. The van der Waals surface area contributed by atoms with Crippen LogP contribution in [0.4, 0.5) is 0 Å². The van der Waals surface area contributed by atoms with Gasteiger partial charge in [-0.05, 0) is 5.56 Å². The molecule has 0 spiro atoms. The summed E-state index contributed by atoms with van der Waals surface area (Å²) in [6.45, 7) is 2.06. The smallest absolute Gasteiger partial charge is 0.221 e. The molecule has 1 saturated heterocycles. The molecule has 0 saturated carbocycles. The van der Waals surface area contributed by atoms with Crippen LogP contribution in [0.3, 0.4) is 0 Å². The van der Waals surface area contributed by atoms with E-state index in [2.05, 4.69) is 10.6 Å². The standard InChI is InChI=1S/C15H22N2O4S/c18-15(10-14-11-21-8-6-16-14)17-7-9-22(19,20)12-13-4-2-1-3-5-13/h1-5,14,16H,6-12H2,(H,17,18). The Morgan fingerprint density at radius 2 is 2.09 bits per heavy atom. The molecule has 1 fully saturated rings. The quantitative estimate of drug-likeness (QED) is 0.742. The minimum Gasteiger partial charge on any atom is -0.378 e. The molecule has 1 atom stereocenters. The first-order valence-electron chi connectivity index (χ1n) is 7.37. The Hall–Kier alpha value is -1.44. The SMILES string of the molecule is O=C(CC1COCCN1)NCCS(=O)(=O)Cc1ccccc1. The third-order valence-electron chi connectivity index (χ3n) is 3.39. The third kappa shape index (κ3) is 6.13. The second-order valence-corrected chi connectivity index (χ2v) is 7.54. The largest absolute Gasteiger partial charge is 0.378 e. The van der Waals surface area contributed by atoms with Gasteiger partial charge in [0.2, 0.25) is 5.91 Å². The Balaban J connectivity index is 1.69. The number of sulfone groups is 1. The van der Waals surface area contributed by atoms with Crippen molar-refractivity contribution >= 4 is 15.7 Å². The lowest BCUT2D eigenvalue weighted by Gasteiger charge is -2.23. The van der Waals surface area contributed by atoms with Crippen molar-refractivity contribution in [3.8, 4) is 0 Å². The zero-order valence-corrected chi connectivity index (χ0v) is 13.3. The summed E-state index contributed by atoms with van der Waals surface area (Å²) in [4.78, 5) is 11.8. The lowest BCUT2D eigenvalue weighted by Crippen LogP contribution is -2.44. The molecule has 1 aromatic carbocycles. The summed E-state index contributed by atoms with van der Waals surface area (Å²) in [6, 6.07) is 9.04. The molecular formula is C15H22N2O4S. The molecule has 1 aliphatic rings. The van der Waals surface area contributed by atoms with Gasteiger partial charge in [0.1, 0.15) is 0 Å². The predicted molar refractivity (Wildman–Crippen MR) is 84.2 cm³/mol. The van der Waals surface area contributed by atoms with Crippen LogP contribution >= 0.6 is 0 Å². The molecule has 0 aromatic heterocycles. The first-order chi connectivity index (χ1) is 10.6. The van der Waals surface area contributed by atoms with Gasteiger partial charge in [-0.1, -0.05) is 30.3 Å². The Labute approximate surface area is 131 Å². The normalized spacial score (nSPS) is 18.8. The molecule has 2 N–H and O–H groups in total. The van der Waals surface area contributed by atoms with Gasteiger partial charge in [0.15, 0.2) is 9.84 Å². The van der Waals surface area contributed by atoms with E-state index in [0.717, 1.165) is 12.1 Å². The van der Waals surface area contributed by atoms with Crippen LogP contribution in [0.15, 0.2) is 30.3 Å². The van der Waals surface area contributed by atoms with E-state index in [4.69, 9.17) is 4.74 Å². The van der Waals surface area contributed by atoms with Gasteiger partial charge in [-0.15, -0.1) is 0 Å². The predicted octanol–water partition coefficient (Wildman–Crippen LogP) is 0.0961. The minimum absolute atomic E-state index is 0.00172. The summed E-state index contributed by atoms with van der Waals surface area (Å²) < 4.78 is 29.2. The minimum atomic E-state index is -3.22. The highest BCUT2D eigenvalue weighted by Crippen LogP contribution is 2.05. The fourth-order valence-corrected chi connectivity index (χ4v) is 3.55. The van der Waals surface area contributed by atoms with Crippen molar-refractivity contribution in [1.82, 2.24) is 10.6 Å². The van der Waals surface area contributed by atoms with Gasteiger partial charge in [0, 0.05) is 25.6 Å². The molecule has 122 valence electrons. The van der Waals surface area contributed by atoms with Crippen LogP contribution in [0.5, 0.6) is 0 Å². The van der Waals surface area contributed by atoms with Crippen LogP contribution in [0.2, 0.25) is 0 Å². The topological polar surface area (TPSA) is 84.5 Å². The molecule has 0 bridgehead atoms. The highest BCUT2D eigenvalue weighted by atomic mass is 32.2. The Morgan fingerprint density at radius 3 is 2.77 bits per heavy atom. The summed E-state index contributed by atoms with van der Waals surface area (Å²) in [5.41, 5.74) is 0.761. The van der Waals surface area contributed by atoms with Crippen LogP contribution in [-0.2, 0) is 25.1 Å². The molecule has 2 rings (SSSR count). The van der Waals surface area contributed by atoms with Crippen LogP contribution in [0, 0.1) is 0 Å². The molecule has 0 aliphatic carbocycles. The molecule has 7 heteroatoms. The number of morpholine rings is 1. The highest BCUT2D eigenvalue weighted by molar-refractivity contribution is 7.90.